The number of rotatable bonds is 2. The molecule has 1 aromatic heterocycles. The van der Waals surface area contributed by atoms with E-state index in [-0.39, 0.29) is 0 Å². The van der Waals surface area contributed by atoms with Gasteiger partial charge in [0.15, 0.2) is 0 Å². The molecule has 0 saturated carbocycles. The molecule has 18 heavy (non-hydrogen) atoms. The molecule has 0 aliphatic heterocycles. The number of nitrogens with zero attached hydrogens (tertiary/aromatic N) is 4. The standard InChI is InChI=1S/C14H10N4/c1-18(13-4-2-11(8-15)3-5-13)14-10-17-7-6-12(14)9-16/h2-7,10H,1H3. The second-order valence-electron chi connectivity index (χ2n) is 3.72. The van der Waals surface area contributed by atoms with Crippen molar-refractivity contribution in [2.75, 3.05) is 11.9 Å². The summed E-state index contributed by atoms with van der Waals surface area (Å²) < 4.78 is 0. The van der Waals surface area contributed by atoms with Gasteiger partial charge in [-0.3, -0.25) is 4.98 Å². The van der Waals surface area contributed by atoms with E-state index >= 15 is 0 Å². The fourth-order valence-electron chi connectivity index (χ4n) is 1.65. The first-order valence-electron chi connectivity index (χ1n) is 5.34. The van der Waals surface area contributed by atoms with Gasteiger partial charge in [-0.2, -0.15) is 10.5 Å². The van der Waals surface area contributed by atoms with Crippen LogP contribution in [0, 0.1) is 22.7 Å². The lowest BCUT2D eigenvalue weighted by Crippen LogP contribution is -2.11. The molecule has 0 saturated heterocycles. The Bertz CT molecular complexity index is 632. The Morgan fingerprint density at radius 1 is 1.06 bits per heavy atom. The van der Waals surface area contributed by atoms with Gasteiger partial charge in [-0.15, -0.1) is 0 Å². The fourth-order valence-corrected chi connectivity index (χ4v) is 1.65. The summed E-state index contributed by atoms with van der Waals surface area (Å²) in [6, 6.07) is 13.1. The van der Waals surface area contributed by atoms with E-state index in [0.29, 0.717) is 11.1 Å². The van der Waals surface area contributed by atoms with Crippen molar-refractivity contribution in [3.05, 3.63) is 53.9 Å². The summed E-state index contributed by atoms with van der Waals surface area (Å²) in [5, 5.41) is 17.8. The molecule has 86 valence electrons. The Morgan fingerprint density at radius 2 is 1.78 bits per heavy atom. The number of anilines is 2. The summed E-state index contributed by atoms with van der Waals surface area (Å²) in [5.41, 5.74) is 2.82. The summed E-state index contributed by atoms with van der Waals surface area (Å²) >= 11 is 0. The van der Waals surface area contributed by atoms with Crippen LogP contribution in [0.4, 0.5) is 11.4 Å². The van der Waals surface area contributed by atoms with Gasteiger partial charge in [-0.25, -0.2) is 0 Å². The molecule has 0 fully saturated rings. The Labute approximate surface area is 105 Å². The van der Waals surface area contributed by atoms with E-state index in [1.54, 1.807) is 30.6 Å². The zero-order valence-electron chi connectivity index (χ0n) is 9.83. The maximum Gasteiger partial charge on any atom is 0.101 e. The molecular formula is C14H10N4. The van der Waals surface area contributed by atoms with Crippen LogP contribution in [0.15, 0.2) is 42.7 Å². The first-order chi connectivity index (χ1) is 8.76. The van der Waals surface area contributed by atoms with E-state index in [1.807, 2.05) is 24.1 Å². The number of nitriles is 2. The lowest BCUT2D eigenvalue weighted by atomic mass is 10.2. The smallest absolute Gasteiger partial charge is 0.101 e. The summed E-state index contributed by atoms with van der Waals surface area (Å²) in [4.78, 5) is 5.90. The summed E-state index contributed by atoms with van der Waals surface area (Å²) in [5.74, 6) is 0. The van der Waals surface area contributed by atoms with E-state index in [4.69, 9.17) is 10.5 Å². The molecule has 0 unspecified atom stereocenters. The molecule has 1 heterocycles. The maximum absolute atomic E-state index is 9.05. The first-order valence-corrected chi connectivity index (χ1v) is 5.34. The van der Waals surface area contributed by atoms with Crippen LogP contribution < -0.4 is 4.90 Å². The van der Waals surface area contributed by atoms with Crippen LogP contribution in [-0.4, -0.2) is 12.0 Å². The summed E-state index contributed by atoms with van der Waals surface area (Å²) in [6.07, 6.45) is 3.24. The van der Waals surface area contributed by atoms with E-state index < -0.39 is 0 Å². The number of hydrogen-bond acceptors (Lipinski definition) is 4. The number of pyridine rings is 1. The minimum absolute atomic E-state index is 0.567. The Hall–Kier alpha value is -2.85. The van der Waals surface area contributed by atoms with Crippen molar-refractivity contribution in [1.29, 1.82) is 10.5 Å². The van der Waals surface area contributed by atoms with Crippen LogP contribution in [0.2, 0.25) is 0 Å². The van der Waals surface area contributed by atoms with Gasteiger partial charge in [0.05, 0.1) is 29.1 Å². The molecule has 0 aliphatic carbocycles. The highest BCUT2D eigenvalue weighted by molar-refractivity contribution is 5.68. The summed E-state index contributed by atoms with van der Waals surface area (Å²) in [7, 11) is 1.86. The van der Waals surface area contributed by atoms with Crippen molar-refractivity contribution in [3.63, 3.8) is 0 Å². The van der Waals surface area contributed by atoms with Crippen molar-refractivity contribution in [2.45, 2.75) is 0 Å². The van der Waals surface area contributed by atoms with Crippen molar-refractivity contribution in [1.82, 2.24) is 4.98 Å². The molecule has 0 aliphatic rings. The monoisotopic (exact) mass is 234 g/mol. The molecule has 1 aromatic carbocycles. The minimum atomic E-state index is 0.567. The molecule has 4 nitrogen and oxygen atoms in total. The highest BCUT2D eigenvalue weighted by Crippen LogP contribution is 2.25. The highest BCUT2D eigenvalue weighted by Gasteiger charge is 2.08. The molecule has 4 heteroatoms. The molecule has 0 atom stereocenters. The molecule has 0 spiro atoms. The van der Waals surface area contributed by atoms with Gasteiger partial charge in [0.25, 0.3) is 0 Å². The minimum Gasteiger partial charge on any atom is -0.342 e. The molecule has 2 aromatic rings. The van der Waals surface area contributed by atoms with E-state index in [9.17, 15) is 0 Å². The lowest BCUT2D eigenvalue weighted by Gasteiger charge is -2.19. The molecule has 0 amide bonds. The SMILES string of the molecule is CN(c1ccc(C#N)cc1)c1cnccc1C#N. The van der Waals surface area contributed by atoms with Crippen molar-refractivity contribution in [3.8, 4) is 12.1 Å². The maximum atomic E-state index is 9.05. The topological polar surface area (TPSA) is 63.7 Å². The van der Waals surface area contributed by atoms with Crippen molar-refractivity contribution < 1.29 is 0 Å². The molecular weight excluding hydrogens is 224 g/mol. The van der Waals surface area contributed by atoms with Crippen molar-refractivity contribution >= 4 is 11.4 Å². The normalized spacial score (nSPS) is 9.28. The predicted molar refractivity (Wildman–Crippen MR) is 68.2 cm³/mol. The van der Waals surface area contributed by atoms with Gasteiger partial charge in [0.1, 0.15) is 6.07 Å². The van der Waals surface area contributed by atoms with Crippen LogP contribution in [0.3, 0.4) is 0 Å². The van der Waals surface area contributed by atoms with Gasteiger partial charge in [-0.1, -0.05) is 0 Å². The average Bonchev–Trinajstić information content (AvgIpc) is 2.46. The molecule has 0 radical (unpaired) electrons. The third-order valence-electron chi connectivity index (χ3n) is 2.67. The third-order valence-corrected chi connectivity index (χ3v) is 2.67. The average molecular weight is 234 g/mol. The quantitative estimate of drug-likeness (QED) is 0.801. The lowest BCUT2D eigenvalue weighted by molar-refractivity contribution is 1.16. The molecule has 2 rings (SSSR count). The van der Waals surface area contributed by atoms with Crippen LogP contribution in [0.5, 0.6) is 0 Å². The molecule has 0 bridgehead atoms. The number of aromatic nitrogens is 1. The third kappa shape index (κ3) is 2.14. The second-order valence-corrected chi connectivity index (χ2v) is 3.72. The summed E-state index contributed by atoms with van der Waals surface area (Å²) in [6.45, 7) is 0. The van der Waals surface area contributed by atoms with Gasteiger partial charge in [-0.05, 0) is 30.3 Å². The van der Waals surface area contributed by atoms with Gasteiger partial charge in [0.2, 0.25) is 0 Å². The number of benzene rings is 1. The van der Waals surface area contributed by atoms with E-state index in [1.165, 1.54) is 0 Å². The van der Waals surface area contributed by atoms with Crippen LogP contribution in [0.25, 0.3) is 0 Å². The fraction of sp³-hybridized carbons (Fsp3) is 0.0714. The van der Waals surface area contributed by atoms with Crippen LogP contribution >= 0.6 is 0 Å². The predicted octanol–water partition coefficient (Wildman–Crippen LogP) is 2.59. The van der Waals surface area contributed by atoms with Gasteiger partial charge in [0, 0.05) is 18.9 Å². The Balaban J connectivity index is 2.39. The van der Waals surface area contributed by atoms with Gasteiger partial charge >= 0.3 is 0 Å². The highest BCUT2D eigenvalue weighted by atomic mass is 15.1. The van der Waals surface area contributed by atoms with Crippen LogP contribution in [0.1, 0.15) is 11.1 Å². The first kappa shape index (κ1) is 11.6. The van der Waals surface area contributed by atoms with Gasteiger partial charge < -0.3 is 4.90 Å². The van der Waals surface area contributed by atoms with Crippen molar-refractivity contribution in [2.24, 2.45) is 0 Å². The zero-order valence-corrected chi connectivity index (χ0v) is 9.83. The Morgan fingerprint density at radius 3 is 2.39 bits per heavy atom. The molecule has 0 N–H and O–H groups in total. The number of hydrogen-bond donors (Lipinski definition) is 0. The van der Waals surface area contributed by atoms with E-state index in [2.05, 4.69) is 17.1 Å². The van der Waals surface area contributed by atoms with Crippen LogP contribution in [-0.2, 0) is 0 Å². The van der Waals surface area contributed by atoms with E-state index in [0.717, 1.165) is 11.4 Å². The Kier molecular flexibility index (Phi) is 3.22. The largest absolute Gasteiger partial charge is 0.342 e. The second kappa shape index (κ2) is 4.99. The zero-order chi connectivity index (χ0) is 13.0.